The van der Waals surface area contributed by atoms with Crippen LogP contribution in [-0.4, -0.2) is 42.8 Å². The molecule has 1 aliphatic rings. The molecule has 0 unspecified atom stereocenters. The zero-order valence-electron chi connectivity index (χ0n) is 15.1. The lowest BCUT2D eigenvalue weighted by atomic mass is 11.2. The third kappa shape index (κ3) is 5.77. The summed E-state index contributed by atoms with van der Waals surface area (Å²) >= 11 is 0. The van der Waals surface area contributed by atoms with Crippen LogP contribution in [0.15, 0.2) is 24.6 Å². The highest BCUT2D eigenvalue weighted by Gasteiger charge is 2.52. The first-order valence-corrected chi connectivity index (χ1v) is 20.7. The summed E-state index contributed by atoms with van der Waals surface area (Å²) in [7, 11) is -12.4. The summed E-state index contributed by atoms with van der Waals surface area (Å²) in [5.41, 5.74) is 3.53. The molecule has 128 valence electrons. The van der Waals surface area contributed by atoms with E-state index in [0.717, 1.165) is 0 Å². The summed E-state index contributed by atoms with van der Waals surface area (Å²) in [5.74, 6) is 0. The van der Waals surface area contributed by atoms with Gasteiger partial charge in [0.1, 0.15) is 0 Å². The Hall–Kier alpha value is 0.364. The summed E-state index contributed by atoms with van der Waals surface area (Å²) in [6.07, 6.45) is 0. The predicted molar refractivity (Wildman–Crippen MR) is 102 cm³/mol. The van der Waals surface area contributed by atoms with Gasteiger partial charge in [-0.2, -0.15) is 0 Å². The van der Waals surface area contributed by atoms with Gasteiger partial charge in [-0.1, -0.05) is 0 Å². The molecule has 0 amide bonds. The predicted octanol–water partition coefficient (Wildman–Crippen LogP) is 3.78. The zero-order chi connectivity index (χ0) is 17.4. The molecule has 0 spiro atoms. The summed E-state index contributed by atoms with van der Waals surface area (Å²) in [6.45, 7) is 24.1. The molecule has 0 aromatic carbocycles. The van der Waals surface area contributed by atoms with E-state index in [1.54, 1.807) is 11.4 Å². The monoisotopic (exact) mass is 394 g/mol. The largest absolute Gasteiger partial charge is 0.416 e. The van der Waals surface area contributed by atoms with E-state index in [0.29, 0.717) is 0 Å². The standard InChI is InChI=1S/C12H30O5Si5/c1-11-22(12-2)16-20(7,8)14-18(3,4)13-19(5,6)15-21(9,10)17-22/h11-12H,1-2H2,3-10H3. The van der Waals surface area contributed by atoms with Crippen molar-refractivity contribution in [3.63, 3.8) is 0 Å². The summed E-state index contributed by atoms with van der Waals surface area (Å²) in [6, 6.07) is 0. The highest BCUT2D eigenvalue weighted by atomic mass is 28.5. The van der Waals surface area contributed by atoms with Crippen molar-refractivity contribution >= 4 is 42.8 Å². The molecular formula is C12H30O5Si5. The van der Waals surface area contributed by atoms with Crippen molar-refractivity contribution in [2.24, 2.45) is 0 Å². The third-order valence-corrected chi connectivity index (χ3v) is 22.3. The van der Waals surface area contributed by atoms with E-state index in [2.05, 4.69) is 13.2 Å². The Kier molecular flexibility index (Phi) is 5.89. The van der Waals surface area contributed by atoms with Crippen molar-refractivity contribution in [1.29, 1.82) is 0 Å². The quantitative estimate of drug-likeness (QED) is 0.667. The van der Waals surface area contributed by atoms with Gasteiger partial charge in [0.2, 0.25) is 0 Å². The minimum absolute atomic E-state index is 1.77. The Balaban J connectivity index is 3.33. The Morgan fingerprint density at radius 2 is 0.727 bits per heavy atom. The first kappa shape index (κ1) is 20.4. The van der Waals surface area contributed by atoms with Gasteiger partial charge in [-0.25, -0.2) is 0 Å². The molecule has 1 aliphatic heterocycles. The molecule has 0 saturated carbocycles. The second-order valence-electron chi connectivity index (χ2n) is 7.24. The lowest BCUT2D eigenvalue weighted by Crippen LogP contribution is -2.64. The Labute approximate surface area is 140 Å². The van der Waals surface area contributed by atoms with E-state index in [1.807, 2.05) is 52.4 Å². The second-order valence-corrected chi connectivity index (χ2v) is 24.8. The maximum Gasteiger partial charge on any atom is 0.373 e. The van der Waals surface area contributed by atoms with Crippen molar-refractivity contribution < 1.29 is 20.6 Å². The van der Waals surface area contributed by atoms with E-state index >= 15 is 0 Å². The van der Waals surface area contributed by atoms with Crippen LogP contribution in [0.3, 0.4) is 0 Å². The summed E-state index contributed by atoms with van der Waals surface area (Å²) in [5, 5.41) is 0. The van der Waals surface area contributed by atoms with Crippen LogP contribution in [0.4, 0.5) is 0 Å². The summed E-state index contributed by atoms with van der Waals surface area (Å²) < 4.78 is 31.7. The number of hydrogen-bond acceptors (Lipinski definition) is 5. The Bertz CT molecular complexity index is 409. The van der Waals surface area contributed by atoms with Gasteiger partial charge in [0.25, 0.3) is 0 Å². The van der Waals surface area contributed by atoms with Crippen molar-refractivity contribution in [2.75, 3.05) is 0 Å². The fourth-order valence-electron chi connectivity index (χ4n) is 2.90. The highest BCUT2D eigenvalue weighted by Crippen LogP contribution is 2.31. The van der Waals surface area contributed by atoms with Gasteiger partial charge in [-0.15, -0.1) is 13.2 Å². The molecule has 10 heteroatoms. The van der Waals surface area contributed by atoms with Gasteiger partial charge in [-0.05, 0) is 63.8 Å². The fraction of sp³-hybridized carbons (Fsp3) is 0.667. The molecule has 0 bridgehead atoms. The Morgan fingerprint density at radius 3 is 0.955 bits per heavy atom. The van der Waals surface area contributed by atoms with E-state index in [-0.39, 0.29) is 0 Å². The topological polar surface area (TPSA) is 46.2 Å². The Morgan fingerprint density at radius 1 is 0.500 bits per heavy atom. The molecule has 0 aliphatic carbocycles. The lowest BCUT2D eigenvalue weighted by molar-refractivity contribution is 0.244. The minimum atomic E-state index is -2.77. The van der Waals surface area contributed by atoms with Crippen LogP contribution in [-0.2, 0) is 20.6 Å². The van der Waals surface area contributed by atoms with Gasteiger partial charge in [0.15, 0.2) is 0 Å². The van der Waals surface area contributed by atoms with Crippen LogP contribution >= 0.6 is 0 Å². The van der Waals surface area contributed by atoms with E-state index in [9.17, 15) is 0 Å². The number of hydrogen-bond donors (Lipinski definition) is 0. The maximum absolute atomic E-state index is 6.36. The van der Waals surface area contributed by atoms with Gasteiger partial charge in [-0.3, -0.25) is 0 Å². The van der Waals surface area contributed by atoms with Gasteiger partial charge < -0.3 is 20.6 Å². The SMILES string of the molecule is C=C[Si]1(C=C)O[Si](C)(C)O[Si](C)(C)O[Si](C)(C)O[Si](C)(C)O1. The summed E-state index contributed by atoms with van der Waals surface area (Å²) in [4.78, 5) is 0. The molecule has 1 heterocycles. The average Bonchev–Trinajstić information content (AvgIpc) is 2.20. The smallest absolute Gasteiger partial charge is 0.373 e. The molecule has 1 rings (SSSR count). The van der Waals surface area contributed by atoms with Gasteiger partial charge in [0.05, 0.1) is 0 Å². The maximum atomic E-state index is 6.36. The average molecular weight is 395 g/mol. The molecule has 0 radical (unpaired) electrons. The zero-order valence-corrected chi connectivity index (χ0v) is 20.1. The van der Waals surface area contributed by atoms with E-state index < -0.39 is 42.8 Å². The molecule has 22 heavy (non-hydrogen) atoms. The molecule has 5 nitrogen and oxygen atoms in total. The van der Waals surface area contributed by atoms with Crippen LogP contribution in [0.25, 0.3) is 0 Å². The fourth-order valence-corrected chi connectivity index (χ4v) is 27.5. The molecule has 1 fully saturated rings. The minimum Gasteiger partial charge on any atom is -0.416 e. The number of rotatable bonds is 2. The van der Waals surface area contributed by atoms with Crippen LogP contribution in [0.1, 0.15) is 0 Å². The third-order valence-electron chi connectivity index (χ3n) is 2.85. The van der Waals surface area contributed by atoms with Crippen molar-refractivity contribution in [2.45, 2.75) is 52.4 Å². The first-order chi connectivity index (χ1) is 9.66. The van der Waals surface area contributed by atoms with E-state index in [1.165, 1.54) is 0 Å². The second kappa shape index (κ2) is 6.35. The van der Waals surface area contributed by atoms with Crippen molar-refractivity contribution in [3.05, 3.63) is 24.6 Å². The van der Waals surface area contributed by atoms with Crippen molar-refractivity contribution in [1.82, 2.24) is 0 Å². The first-order valence-electron chi connectivity index (χ1n) is 7.44. The van der Waals surface area contributed by atoms with Crippen molar-refractivity contribution in [3.8, 4) is 0 Å². The molecule has 1 saturated heterocycles. The van der Waals surface area contributed by atoms with Crippen LogP contribution < -0.4 is 0 Å². The molecular weight excluding hydrogens is 365 g/mol. The molecule has 0 aromatic heterocycles. The van der Waals surface area contributed by atoms with Gasteiger partial charge >= 0.3 is 42.8 Å². The van der Waals surface area contributed by atoms with Crippen LogP contribution in [0, 0.1) is 0 Å². The molecule has 0 aromatic rings. The lowest BCUT2D eigenvalue weighted by Gasteiger charge is -2.46. The van der Waals surface area contributed by atoms with Crippen LogP contribution in [0.2, 0.25) is 52.4 Å². The van der Waals surface area contributed by atoms with E-state index in [4.69, 9.17) is 20.6 Å². The molecule has 0 N–H and O–H groups in total. The van der Waals surface area contributed by atoms with Gasteiger partial charge in [0, 0.05) is 0 Å². The highest BCUT2D eigenvalue weighted by molar-refractivity contribution is 6.96. The molecule has 0 atom stereocenters. The van der Waals surface area contributed by atoms with Crippen LogP contribution in [0.5, 0.6) is 0 Å². The normalized spacial score (nSPS) is 29.3.